The van der Waals surface area contributed by atoms with Crippen LogP contribution in [0.4, 0.5) is 5.69 Å². The fourth-order valence-electron chi connectivity index (χ4n) is 4.25. The van der Waals surface area contributed by atoms with Gasteiger partial charge in [-0.25, -0.2) is 8.42 Å². The summed E-state index contributed by atoms with van der Waals surface area (Å²) in [4.78, 5) is 27.2. The van der Waals surface area contributed by atoms with E-state index in [4.69, 9.17) is 4.42 Å². The molecule has 2 aliphatic rings. The molecule has 0 bridgehead atoms. The number of likely N-dealkylation sites (tertiary alicyclic amines) is 1. The van der Waals surface area contributed by atoms with E-state index in [2.05, 4.69) is 10.0 Å². The van der Waals surface area contributed by atoms with E-state index < -0.39 is 15.7 Å². The highest BCUT2D eigenvalue weighted by Crippen LogP contribution is 2.35. The average molecular weight is 439 g/mol. The van der Waals surface area contributed by atoms with Gasteiger partial charge in [0.15, 0.2) is 11.2 Å². The molecule has 31 heavy (non-hydrogen) atoms. The molecule has 3 aromatic rings. The number of anilines is 1. The van der Waals surface area contributed by atoms with Crippen molar-refractivity contribution in [2.45, 2.75) is 30.3 Å². The van der Waals surface area contributed by atoms with Gasteiger partial charge >= 0.3 is 0 Å². The van der Waals surface area contributed by atoms with Crippen LogP contribution >= 0.6 is 0 Å². The second kappa shape index (κ2) is 6.93. The number of nitrogens with one attached hydrogen (secondary N) is 2. The van der Waals surface area contributed by atoms with Gasteiger partial charge in [-0.15, -0.1) is 0 Å². The smallest absolute Gasteiger partial charge is 0.289 e. The Morgan fingerprint density at radius 1 is 1.10 bits per heavy atom. The van der Waals surface area contributed by atoms with Crippen LogP contribution in [-0.2, 0) is 10.0 Å². The van der Waals surface area contributed by atoms with Gasteiger partial charge in [-0.05, 0) is 31.2 Å². The monoisotopic (exact) mass is 439 g/mol. The predicted molar refractivity (Wildman–Crippen MR) is 115 cm³/mol. The number of carbonyl (C=O) groups excluding carboxylic acids is 1. The Balaban J connectivity index is 1.38. The first-order chi connectivity index (χ1) is 14.8. The highest BCUT2D eigenvalue weighted by molar-refractivity contribution is 7.89. The van der Waals surface area contributed by atoms with Gasteiger partial charge in [-0.2, -0.15) is 4.72 Å². The van der Waals surface area contributed by atoms with E-state index in [1.807, 2.05) is 13.0 Å². The summed E-state index contributed by atoms with van der Waals surface area (Å²) in [7, 11) is -3.65. The Morgan fingerprint density at radius 3 is 2.61 bits per heavy atom. The fraction of sp³-hybridized carbons (Fsp3) is 0.273. The van der Waals surface area contributed by atoms with Crippen LogP contribution < -0.4 is 15.5 Å². The molecule has 0 aliphatic carbocycles. The number of nitrogens with zero attached hydrogens (tertiary/aromatic N) is 1. The SMILES string of the molecule is Cc1ccc2oc(C(=O)N3CCC4(CC3)Nc3ccccc3S(=O)(=O)N4)cc(=O)c2c1. The van der Waals surface area contributed by atoms with Gasteiger partial charge in [-0.1, -0.05) is 23.8 Å². The molecular formula is C22H21N3O5S. The lowest BCUT2D eigenvalue weighted by Gasteiger charge is -2.45. The van der Waals surface area contributed by atoms with Crippen molar-refractivity contribution in [2.75, 3.05) is 18.4 Å². The minimum absolute atomic E-state index is 0.0140. The molecule has 1 amide bonds. The topological polar surface area (TPSA) is 109 Å². The summed E-state index contributed by atoms with van der Waals surface area (Å²) in [6, 6.07) is 13.2. The Labute approximate surface area is 178 Å². The molecule has 9 heteroatoms. The number of carbonyl (C=O) groups is 1. The molecule has 2 N–H and O–H groups in total. The van der Waals surface area contributed by atoms with Crippen LogP contribution in [0, 0.1) is 6.92 Å². The zero-order valence-electron chi connectivity index (χ0n) is 16.8. The highest BCUT2D eigenvalue weighted by atomic mass is 32.2. The molecule has 160 valence electrons. The van der Waals surface area contributed by atoms with Gasteiger partial charge in [0.1, 0.15) is 16.1 Å². The normalized spacial score (nSPS) is 19.1. The third-order valence-corrected chi connectivity index (χ3v) is 7.47. The van der Waals surface area contributed by atoms with E-state index in [0.29, 0.717) is 42.6 Å². The Bertz CT molecular complexity index is 1370. The number of amides is 1. The maximum Gasteiger partial charge on any atom is 0.289 e. The standard InChI is InChI=1S/C22H21N3O5S/c1-14-6-7-18-15(12-14)17(26)13-19(30-18)21(27)25-10-8-22(9-11-25)23-16-4-2-3-5-20(16)31(28,29)24-22/h2-7,12-13,23-24H,8-11H2,1H3. The maximum absolute atomic E-state index is 13.0. The maximum atomic E-state index is 13.0. The summed E-state index contributed by atoms with van der Waals surface area (Å²) in [6.45, 7) is 2.51. The molecule has 1 spiro atoms. The Morgan fingerprint density at radius 2 is 1.84 bits per heavy atom. The summed E-state index contributed by atoms with van der Waals surface area (Å²) in [5.74, 6) is -0.395. The van der Waals surface area contributed by atoms with Crippen LogP contribution in [0.25, 0.3) is 11.0 Å². The first-order valence-electron chi connectivity index (χ1n) is 10.0. The van der Waals surface area contributed by atoms with Gasteiger partial charge in [-0.3, -0.25) is 9.59 Å². The summed E-state index contributed by atoms with van der Waals surface area (Å²) < 4.78 is 33.8. The van der Waals surface area contributed by atoms with Crippen molar-refractivity contribution >= 4 is 32.6 Å². The molecule has 0 radical (unpaired) electrons. The van der Waals surface area contributed by atoms with Crippen molar-refractivity contribution in [3.63, 3.8) is 0 Å². The minimum atomic E-state index is -3.65. The van der Waals surface area contributed by atoms with E-state index >= 15 is 0 Å². The number of hydrogen-bond donors (Lipinski definition) is 2. The molecule has 2 aromatic carbocycles. The van der Waals surface area contributed by atoms with Crippen molar-refractivity contribution in [1.82, 2.24) is 9.62 Å². The van der Waals surface area contributed by atoms with Gasteiger partial charge in [0, 0.05) is 32.0 Å². The molecule has 8 nitrogen and oxygen atoms in total. The van der Waals surface area contributed by atoms with E-state index in [0.717, 1.165) is 5.56 Å². The van der Waals surface area contributed by atoms with Gasteiger partial charge < -0.3 is 14.6 Å². The first kappa shape index (κ1) is 19.8. The number of para-hydroxylation sites is 1. The summed E-state index contributed by atoms with van der Waals surface area (Å²) in [5.41, 5.74) is 0.737. The quantitative estimate of drug-likeness (QED) is 0.603. The molecule has 3 heterocycles. The number of hydrogen-bond acceptors (Lipinski definition) is 6. The number of sulfonamides is 1. The van der Waals surface area contributed by atoms with Crippen molar-refractivity contribution in [2.24, 2.45) is 0 Å². The highest BCUT2D eigenvalue weighted by Gasteiger charge is 2.44. The lowest BCUT2D eigenvalue weighted by atomic mass is 9.96. The third-order valence-electron chi connectivity index (χ3n) is 5.88. The molecule has 1 fully saturated rings. The van der Waals surface area contributed by atoms with Gasteiger partial charge in [0.05, 0.1) is 11.1 Å². The van der Waals surface area contributed by atoms with Crippen LogP contribution in [-0.4, -0.2) is 38.0 Å². The molecule has 1 aromatic heterocycles. The van der Waals surface area contributed by atoms with Crippen molar-refractivity contribution in [3.8, 4) is 0 Å². The lowest BCUT2D eigenvalue weighted by Crippen LogP contribution is -2.62. The number of rotatable bonds is 1. The molecule has 1 saturated heterocycles. The second-order valence-electron chi connectivity index (χ2n) is 8.08. The van der Waals surface area contributed by atoms with E-state index in [1.54, 1.807) is 41.3 Å². The molecule has 5 rings (SSSR count). The first-order valence-corrected chi connectivity index (χ1v) is 11.5. The fourth-order valence-corrected chi connectivity index (χ4v) is 5.80. The molecule has 0 unspecified atom stereocenters. The van der Waals surface area contributed by atoms with Crippen molar-refractivity contribution in [3.05, 3.63) is 70.1 Å². The van der Waals surface area contributed by atoms with Crippen LogP contribution in [0.5, 0.6) is 0 Å². The van der Waals surface area contributed by atoms with Crippen LogP contribution in [0.15, 0.2) is 62.6 Å². The largest absolute Gasteiger partial charge is 0.451 e. The average Bonchev–Trinajstić information content (AvgIpc) is 2.74. The molecule has 2 aliphatic heterocycles. The van der Waals surface area contributed by atoms with Gasteiger partial charge in [0.2, 0.25) is 10.0 Å². The van der Waals surface area contributed by atoms with E-state index in [9.17, 15) is 18.0 Å². The number of benzene rings is 2. The molecule has 0 atom stereocenters. The zero-order valence-corrected chi connectivity index (χ0v) is 17.7. The minimum Gasteiger partial charge on any atom is -0.451 e. The zero-order chi connectivity index (χ0) is 21.8. The predicted octanol–water partition coefficient (Wildman–Crippen LogP) is 2.44. The summed E-state index contributed by atoms with van der Waals surface area (Å²) >= 11 is 0. The third kappa shape index (κ3) is 3.39. The van der Waals surface area contributed by atoms with Crippen LogP contribution in [0.2, 0.25) is 0 Å². The van der Waals surface area contributed by atoms with Gasteiger partial charge in [0.25, 0.3) is 5.91 Å². The Hall–Kier alpha value is -3.17. The molecule has 0 saturated carbocycles. The van der Waals surface area contributed by atoms with E-state index in [-0.39, 0.29) is 22.0 Å². The van der Waals surface area contributed by atoms with Crippen LogP contribution in [0.3, 0.4) is 0 Å². The Kier molecular flexibility index (Phi) is 4.42. The number of aryl methyl sites for hydroxylation is 1. The molecular weight excluding hydrogens is 418 g/mol. The number of fused-ring (bicyclic) bond motifs is 2. The van der Waals surface area contributed by atoms with Crippen molar-refractivity contribution < 1.29 is 17.6 Å². The van der Waals surface area contributed by atoms with Crippen LogP contribution in [0.1, 0.15) is 29.0 Å². The van der Waals surface area contributed by atoms with E-state index in [1.165, 1.54) is 6.07 Å². The van der Waals surface area contributed by atoms with Crippen molar-refractivity contribution in [1.29, 1.82) is 0 Å². The second-order valence-corrected chi connectivity index (χ2v) is 9.73. The summed E-state index contributed by atoms with van der Waals surface area (Å²) in [5, 5.41) is 3.74. The summed E-state index contributed by atoms with van der Waals surface area (Å²) in [6.07, 6.45) is 0.757. The number of piperidine rings is 1. The lowest BCUT2D eigenvalue weighted by molar-refractivity contribution is 0.0644.